The number of benzene rings is 1. The van der Waals surface area contributed by atoms with Gasteiger partial charge in [0.2, 0.25) is 5.91 Å². The van der Waals surface area contributed by atoms with Gasteiger partial charge < -0.3 is 19.7 Å². The molecule has 4 amide bonds. The third-order valence-electron chi connectivity index (χ3n) is 4.39. The first-order valence-corrected chi connectivity index (χ1v) is 8.25. The summed E-state index contributed by atoms with van der Waals surface area (Å²) in [6, 6.07) is 6.14. The molecule has 3 rings (SSSR count). The van der Waals surface area contributed by atoms with Gasteiger partial charge in [-0.05, 0) is 12.1 Å². The highest BCUT2D eigenvalue weighted by Gasteiger charge is 2.33. The molecule has 0 aliphatic carbocycles. The zero-order chi connectivity index (χ0) is 17.8. The summed E-state index contributed by atoms with van der Waals surface area (Å²) in [5, 5.41) is 4.57. The molecule has 2 N–H and O–H groups in total. The molecule has 25 heavy (non-hydrogen) atoms. The van der Waals surface area contributed by atoms with E-state index >= 15 is 0 Å². The second-order valence-electron chi connectivity index (χ2n) is 6.07. The number of rotatable bonds is 5. The van der Waals surface area contributed by atoms with Crippen molar-refractivity contribution in [3.8, 4) is 11.5 Å². The number of piperidine rings is 1. The Morgan fingerprint density at radius 3 is 2.48 bits per heavy atom. The summed E-state index contributed by atoms with van der Waals surface area (Å²) in [5.74, 6) is 0.787. The van der Waals surface area contributed by atoms with Crippen LogP contribution in [0, 0.1) is 0 Å². The Morgan fingerprint density at radius 1 is 1.20 bits per heavy atom. The fraction of sp³-hybridized carbons (Fsp3) is 0.471. The predicted octanol–water partition coefficient (Wildman–Crippen LogP) is 0.663. The second-order valence-corrected chi connectivity index (χ2v) is 6.07. The van der Waals surface area contributed by atoms with Crippen LogP contribution in [-0.4, -0.2) is 55.1 Å². The van der Waals surface area contributed by atoms with Gasteiger partial charge in [0.1, 0.15) is 12.1 Å². The first-order valence-electron chi connectivity index (χ1n) is 8.25. The quantitative estimate of drug-likeness (QED) is 0.763. The van der Waals surface area contributed by atoms with E-state index in [-0.39, 0.29) is 18.4 Å². The van der Waals surface area contributed by atoms with Gasteiger partial charge in [0.15, 0.2) is 11.5 Å². The molecule has 1 atom stereocenters. The van der Waals surface area contributed by atoms with E-state index < -0.39 is 18.0 Å². The normalized spacial score (nSPS) is 20.8. The molecule has 1 unspecified atom stereocenters. The van der Waals surface area contributed by atoms with Crippen molar-refractivity contribution in [2.75, 3.05) is 20.2 Å². The molecule has 2 heterocycles. The van der Waals surface area contributed by atoms with Crippen LogP contribution in [0.5, 0.6) is 11.5 Å². The largest absolute Gasteiger partial charge is 0.493 e. The lowest BCUT2D eigenvalue weighted by molar-refractivity contribution is -0.135. The van der Waals surface area contributed by atoms with Crippen molar-refractivity contribution in [2.45, 2.75) is 31.4 Å². The average Bonchev–Trinajstić information content (AvgIpc) is 2.93. The molecule has 2 saturated heterocycles. The van der Waals surface area contributed by atoms with E-state index in [2.05, 4.69) is 10.6 Å². The van der Waals surface area contributed by atoms with Crippen LogP contribution in [0.15, 0.2) is 24.3 Å². The van der Waals surface area contributed by atoms with Crippen molar-refractivity contribution < 1.29 is 23.9 Å². The van der Waals surface area contributed by atoms with Gasteiger partial charge in [-0.15, -0.1) is 0 Å². The molecule has 1 aromatic carbocycles. The Morgan fingerprint density at radius 2 is 1.88 bits per heavy atom. The number of urea groups is 1. The van der Waals surface area contributed by atoms with Gasteiger partial charge in [0.25, 0.3) is 5.91 Å². The molecule has 0 aromatic heterocycles. The Hall–Kier alpha value is -2.77. The number of carbonyl (C=O) groups excluding carboxylic acids is 3. The number of hydrogen-bond acceptors (Lipinski definition) is 5. The summed E-state index contributed by atoms with van der Waals surface area (Å²) in [6.45, 7) is 1.11. The maximum atomic E-state index is 12.3. The van der Waals surface area contributed by atoms with E-state index in [4.69, 9.17) is 9.47 Å². The number of para-hydroxylation sites is 2. The number of carbonyl (C=O) groups is 3. The van der Waals surface area contributed by atoms with Crippen LogP contribution in [0.4, 0.5) is 4.79 Å². The van der Waals surface area contributed by atoms with Crippen molar-refractivity contribution >= 4 is 17.8 Å². The van der Waals surface area contributed by atoms with Crippen LogP contribution >= 0.6 is 0 Å². The fourth-order valence-corrected chi connectivity index (χ4v) is 3.03. The molecule has 8 heteroatoms. The van der Waals surface area contributed by atoms with Gasteiger partial charge in [-0.25, -0.2) is 4.79 Å². The zero-order valence-corrected chi connectivity index (χ0v) is 14.0. The molecule has 1 aromatic rings. The zero-order valence-electron chi connectivity index (χ0n) is 14.0. The average molecular weight is 347 g/mol. The molecule has 134 valence electrons. The molecular weight excluding hydrogens is 326 g/mol. The maximum absolute atomic E-state index is 12.3. The standard InChI is InChI=1S/C17H21N3O5/c1-24-13-4-2-3-5-14(13)25-11-6-8-20(9-7-11)15(21)10-12-16(22)19-17(23)18-12/h2-5,11-12H,6-10H2,1H3,(H2,18,19,22,23). The van der Waals surface area contributed by atoms with E-state index in [1.165, 1.54) is 0 Å². The molecule has 2 aliphatic heterocycles. The molecule has 0 spiro atoms. The summed E-state index contributed by atoms with van der Waals surface area (Å²) in [7, 11) is 1.60. The van der Waals surface area contributed by atoms with E-state index in [0.717, 1.165) is 0 Å². The predicted molar refractivity (Wildman–Crippen MR) is 88.3 cm³/mol. The highest BCUT2D eigenvalue weighted by Crippen LogP contribution is 2.29. The Kier molecular flexibility index (Phi) is 5.06. The number of amides is 4. The minimum absolute atomic E-state index is 0.00910. The number of methoxy groups -OCH3 is 1. The summed E-state index contributed by atoms with van der Waals surface area (Å²) in [4.78, 5) is 36.6. The monoisotopic (exact) mass is 347 g/mol. The van der Waals surface area contributed by atoms with Gasteiger partial charge in [0, 0.05) is 25.9 Å². The number of imide groups is 1. The fourth-order valence-electron chi connectivity index (χ4n) is 3.03. The van der Waals surface area contributed by atoms with Crippen LogP contribution < -0.4 is 20.1 Å². The summed E-state index contributed by atoms with van der Waals surface area (Å²) in [6.07, 6.45) is 1.39. The van der Waals surface area contributed by atoms with Crippen LogP contribution in [0.2, 0.25) is 0 Å². The highest BCUT2D eigenvalue weighted by molar-refractivity contribution is 6.05. The number of nitrogens with one attached hydrogen (secondary N) is 2. The SMILES string of the molecule is COc1ccccc1OC1CCN(C(=O)CC2NC(=O)NC2=O)CC1. The third-order valence-corrected chi connectivity index (χ3v) is 4.39. The number of nitrogens with zero attached hydrogens (tertiary/aromatic N) is 1. The summed E-state index contributed by atoms with van der Waals surface area (Å²) in [5.41, 5.74) is 0. The first-order chi connectivity index (χ1) is 12.1. The van der Waals surface area contributed by atoms with Crippen molar-refractivity contribution in [2.24, 2.45) is 0 Å². The van der Waals surface area contributed by atoms with E-state index in [9.17, 15) is 14.4 Å². The van der Waals surface area contributed by atoms with Gasteiger partial charge in [-0.1, -0.05) is 12.1 Å². The lowest BCUT2D eigenvalue weighted by atomic mass is 10.1. The van der Waals surface area contributed by atoms with Crippen molar-refractivity contribution in [3.63, 3.8) is 0 Å². The Bertz CT molecular complexity index is 670. The first kappa shape index (κ1) is 17.1. The van der Waals surface area contributed by atoms with Crippen LogP contribution in [0.1, 0.15) is 19.3 Å². The number of likely N-dealkylation sites (tertiary alicyclic amines) is 1. The minimum Gasteiger partial charge on any atom is -0.493 e. The van der Waals surface area contributed by atoms with Crippen molar-refractivity contribution in [1.82, 2.24) is 15.5 Å². The topological polar surface area (TPSA) is 97.0 Å². The molecule has 0 radical (unpaired) electrons. The van der Waals surface area contributed by atoms with Crippen LogP contribution in [-0.2, 0) is 9.59 Å². The van der Waals surface area contributed by atoms with Gasteiger partial charge >= 0.3 is 6.03 Å². The number of ether oxygens (including phenoxy) is 2. The van der Waals surface area contributed by atoms with Crippen molar-refractivity contribution in [3.05, 3.63) is 24.3 Å². The maximum Gasteiger partial charge on any atom is 0.322 e. The number of hydrogen-bond donors (Lipinski definition) is 2. The molecule has 0 saturated carbocycles. The van der Waals surface area contributed by atoms with Gasteiger partial charge in [0.05, 0.1) is 13.5 Å². The molecule has 2 aliphatic rings. The van der Waals surface area contributed by atoms with E-state index in [1.807, 2.05) is 24.3 Å². The van der Waals surface area contributed by atoms with Crippen molar-refractivity contribution in [1.29, 1.82) is 0 Å². The van der Waals surface area contributed by atoms with Gasteiger partial charge in [-0.3, -0.25) is 14.9 Å². The minimum atomic E-state index is -0.775. The smallest absolute Gasteiger partial charge is 0.322 e. The van der Waals surface area contributed by atoms with Crippen LogP contribution in [0.3, 0.4) is 0 Å². The summed E-state index contributed by atoms with van der Waals surface area (Å²) >= 11 is 0. The molecule has 8 nitrogen and oxygen atoms in total. The Labute approximate surface area is 145 Å². The van der Waals surface area contributed by atoms with Crippen LogP contribution in [0.25, 0.3) is 0 Å². The lowest BCUT2D eigenvalue weighted by Crippen LogP contribution is -2.44. The lowest BCUT2D eigenvalue weighted by Gasteiger charge is -2.32. The second kappa shape index (κ2) is 7.42. The highest BCUT2D eigenvalue weighted by atomic mass is 16.5. The van der Waals surface area contributed by atoms with Gasteiger partial charge in [-0.2, -0.15) is 0 Å². The summed E-state index contributed by atoms with van der Waals surface area (Å²) < 4.78 is 11.3. The molecular formula is C17H21N3O5. The van der Waals surface area contributed by atoms with E-state index in [1.54, 1.807) is 12.0 Å². The molecule has 2 fully saturated rings. The third kappa shape index (κ3) is 4.01. The molecule has 0 bridgehead atoms. The van der Waals surface area contributed by atoms with E-state index in [0.29, 0.717) is 37.4 Å². The Balaban J connectivity index is 1.49.